The number of hydrogen-bond donors (Lipinski definition) is 4. The van der Waals surface area contributed by atoms with Gasteiger partial charge in [0, 0.05) is 22.9 Å². The van der Waals surface area contributed by atoms with E-state index in [0.29, 0.717) is 42.0 Å². The Balaban J connectivity index is 1.41. The molecule has 8 heteroatoms. The van der Waals surface area contributed by atoms with Gasteiger partial charge in [0.05, 0.1) is 12.0 Å². The van der Waals surface area contributed by atoms with Crippen molar-refractivity contribution in [3.05, 3.63) is 40.4 Å². The minimum absolute atomic E-state index is 0.0388. The molecule has 1 heterocycles. The zero-order valence-corrected chi connectivity index (χ0v) is 21.2. The van der Waals surface area contributed by atoms with Crippen molar-refractivity contribution < 1.29 is 19.8 Å². The van der Waals surface area contributed by atoms with Gasteiger partial charge in [-0.2, -0.15) is 0 Å². The highest BCUT2D eigenvalue weighted by Gasteiger charge is 2.65. The van der Waals surface area contributed by atoms with E-state index in [2.05, 4.69) is 23.3 Å². The van der Waals surface area contributed by atoms with Crippen LogP contribution < -0.4 is 11.1 Å². The Hall–Kier alpha value is -2.45. The number of phenols is 1. The topological polar surface area (TPSA) is 126 Å². The molecule has 0 saturated heterocycles. The van der Waals surface area contributed by atoms with Gasteiger partial charge in [0.1, 0.15) is 5.75 Å². The first kappa shape index (κ1) is 24.3. The van der Waals surface area contributed by atoms with Crippen molar-refractivity contribution in [1.82, 2.24) is 4.98 Å². The first-order valence-corrected chi connectivity index (χ1v) is 13.5. The minimum Gasteiger partial charge on any atom is -0.508 e. The lowest BCUT2D eigenvalue weighted by molar-refractivity contribution is -0.137. The molecule has 0 radical (unpaired) electrons. The van der Waals surface area contributed by atoms with Crippen LogP contribution in [-0.2, 0) is 16.0 Å². The maximum Gasteiger partial charge on any atom is 0.226 e. The summed E-state index contributed by atoms with van der Waals surface area (Å²) >= 11 is 1.46. The molecule has 2 saturated carbocycles. The van der Waals surface area contributed by atoms with Crippen molar-refractivity contribution in [2.45, 2.75) is 76.7 Å². The van der Waals surface area contributed by atoms with Gasteiger partial charge in [-0.1, -0.05) is 13.0 Å². The largest absolute Gasteiger partial charge is 0.508 e. The number of fused-ring (bicyclic) bond motifs is 5. The molecule has 5 N–H and O–H groups in total. The molecular formula is C27H35N3O4S. The van der Waals surface area contributed by atoms with Gasteiger partial charge in [-0.25, -0.2) is 4.98 Å². The number of primary amides is 1. The van der Waals surface area contributed by atoms with Gasteiger partial charge in [-0.15, -0.1) is 11.3 Å². The predicted molar refractivity (Wildman–Crippen MR) is 135 cm³/mol. The highest BCUT2D eigenvalue weighted by molar-refractivity contribution is 7.15. The molecule has 6 atom stereocenters. The van der Waals surface area contributed by atoms with Crippen LogP contribution in [0.3, 0.4) is 0 Å². The van der Waals surface area contributed by atoms with Gasteiger partial charge in [0.25, 0.3) is 0 Å². The highest BCUT2D eigenvalue weighted by atomic mass is 32.1. The molecule has 3 aliphatic carbocycles. The normalized spacial score (nSPS) is 33.5. The number of nitrogens with one attached hydrogen (secondary N) is 1. The lowest BCUT2D eigenvalue weighted by atomic mass is 9.51. The van der Waals surface area contributed by atoms with E-state index in [1.54, 1.807) is 12.3 Å². The predicted octanol–water partition coefficient (Wildman–Crippen LogP) is 4.26. The van der Waals surface area contributed by atoms with E-state index in [1.807, 2.05) is 13.0 Å². The fourth-order valence-corrected chi connectivity index (χ4v) is 8.46. The number of nitrogens with two attached hydrogens (primary N) is 1. The van der Waals surface area contributed by atoms with Crippen LogP contribution in [0.2, 0.25) is 0 Å². The van der Waals surface area contributed by atoms with Crippen LogP contribution in [0.15, 0.2) is 24.4 Å². The number of hydrogen-bond acceptors (Lipinski definition) is 6. The number of phenolic OH excluding ortho intramolecular Hbond substituents is 1. The summed E-state index contributed by atoms with van der Waals surface area (Å²) in [6.45, 7) is 4.09. The Bertz CT molecular complexity index is 1150. The molecule has 2 fully saturated rings. The van der Waals surface area contributed by atoms with Crippen molar-refractivity contribution in [2.24, 2.45) is 28.9 Å². The Morgan fingerprint density at radius 1 is 1.31 bits per heavy atom. The van der Waals surface area contributed by atoms with Crippen molar-refractivity contribution >= 4 is 28.3 Å². The van der Waals surface area contributed by atoms with Gasteiger partial charge in [0.15, 0.2) is 5.13 Å². The van der Waals surface area contributed by atoms with Crippen molar-refractivity contribution in [2.75, 3.05) is 5.32 Å². The summed E-state index contributed by atoms with van der Waals surface area (Å²) < 4.78 is 0. The fourth-order valence-electron chi connectivity index (χ4n) is 7.78. The number of aliphatic hydroxyl groups is 1. The molecule has 7 nitrogen and oxygen atoms in total. The zero-order chi connectivity index (χ0) is 25.0. The third-order valence-corrected chi connectivity index (χ3v) is 10.0. The second-order valence-corrected chi connectivity index (χ2v) is 12.4. The van der Waals surface area contributed by atoms with Crippen LogP contribution in [0.5, 0.6) is 5.75 Å². The third kappa shape index (κ3) is 4.25. The molecule has 3 unspecified atom stereocenters. The van der Waals surface area contributed by atoms with E-state index in [-0.39, 0.29) is 24.2 Å². The van der Waals surface area contributed by atoms with E-state index in [9.17, 15) is 19.8 Å². The summed E-state index contributed by atoms with van der Waals surface area (Å²) in [6, 6.07) is 5.72. The highest BCUT2D eigenvalue weighted by Crippen LogP contribution is 2.67. The van der Waals surface area contributed by atoms with Crippen molar-refractivity contribution in [1.29, 1.82) is 0 Å². The Morgan fingerprint density at radius 3 is 2.83 bits per heavy atom. The second kappa shape index (κ2) is 8.89. The number of rotatable bonds is 6. The number of aryl methyl sites for hydroxylation is 2. The van der Waals surface area contributed by atoms with Gasteiger partial charge >= 0.3 is 0 Å². The summed E-state index contributed by atoms with van der Waals surface area (Å²) in [5, 5.41) is 25.4. The molecule has 0 aliphatic heterocycles. The van der Waals surface area contributed by atoms with Gasteiger partial charge < -0.3 is 21.3 Å². The quantitative estimate of drug-likeness (QED) is 0.474. The number of amides is 2. The van der Waals surface area contributed by atoms with Crippen LogP contribution in [0.1, 0.15) is 73.8 Å². The summed E-state index contributed by atoms with van der Waals surface area (Å²) in [5.74, 6) is 0.811. The fraction of sp³-hybridized carbons (Fsp3) is 0.593. The first-order valence-electron chi connectivity index (χ1n) is 12.6. The monoisotopic (exact) mass is 497 g/mol. The summed E-state index contributed by atoms with van der Waals surface area (Å²) in [4.78, 5) is 30.0. The van der Waals surface area contributed by atoms with E-state index in [1.165, 1.54) is 22.5 Å². The molecular weight excluding hydrogens is 462 g/mol. The molecule has 0 spiro atoms. The number of anilines is 1. The van der Waals surface area contributed by atoms with E-state index in [0.717, 1.165) is 30.6 Å². The maximum atomic E-state index is 12.7. The number of carbonyl (C=O) groups excluding carboxylic acids is 2. The van der Waals surface area contributed by atoms with E-state index in [4.69, 9.17) is 5.73 Å². The molecule has 2 aromatic rings. The van der Waals surface area contributed by atoms with E-state index < -0.39 is 16.9 Å². The smallest absolute Gasteiger partial charge is 0.226 e. The van der Waals surface area contributed by atoms with Crippen LogP contribution in [0.25, 0.3) is 0 Å². The Morgan fingerprint density at radius 2 is 2.11 bits per heavy atom. The number of carbonyl (C=O) groups is 2. The summed E-state index contributed by atoms with van der Waals surface area (Å²) in [5.41, 5.74) is 6.55. The maximum absolute atomic E-state index is 12.7. The lowest BCUT2D eigenvalue weighted by Gasteiger charge is -2.54. The van der Waals surface area contributed by atoms with Crippen LogP contribution in [0, 0.1) is 30.1 Å². The van der Waals surface area contributed by atoms with Crippen molar-refractivity contribution in [3.63, 3.8) is 0 Å². The number of aromatic nitrogens is 1. The molecule has 2 amide bonds. The van der Waals surface area contributed by atoms with Crippen molar-refractivity contribution in [3.8, 4) is 5.75 Å². The minimum atomic E-state index is -1.16. The zero-order valence-electron chi connectivity index (χ0n) is 20.4. The summed E-state index contributed by atoms with van der Waals surface area (Å²) in [6.07, 6.45) is 6.83. The van der Waals surface area contributed by atoms with Crippen LogP contribution >= 0.6 is 11.3 Å². The van der Waals surface area contributed by atoms with Gasteiger partial charge in [-0.3, -0.25) is 9.59 Å². The number of benzene rings is 1. The van der Waals surface area contributed by atoms with Crippen LogP contribution in [-0.4, -0.2) is 32.6 Å². The van der Waals surface area contributed by atoms with Gasteiger partial charge in [-0.05, 0) is 92.4 Å². The average molecular weight is 498 g/mol. The molecule has 3 aliphatic rings. The van der Waals surface area contributed by atoms with Gasteiger partial charge in [0.2, 0.25) is 11.8 Å². The second-order valence-electron chi connectivity index (χ2n) is 11.2. The molecule has 188 valence electrons. The standard InChI is InChI=1S/C27H35N3O4S/c1-15-14-29-25(35-15)30-23(33)8-4-17-12-27(34,13-22(28)32)26(2)10-9-20-19-7-5-18(31)11-16(19)3-6-21(20)24(17)26/h5,7,11,14,17,20-21,24,31,34H,3-4,6,8-10,12-13H2,1-2H3,(H2,28,32)(H,29,30,33)/t17-,20?,21?,24?,26+,27+/m1/s1. The summed E-state index contributed by atoms with van der Waals surface area (Å²) in [7, 11) is 0. The lowest BCUT2D eigenvalue weighted by Crippen LogP contribution is -2.52. The SMILES string of the molecule is Cc1cnc(NC(=O)CC[C@@H]2C[C@](O)(CC(N)=O)[C@@]3(C)CCC4c5ccc(O)cc5CCC4C23)s1. The number of aromatic hydroxyl groups is 1. The van der Waals surface area contributed by atoms with E-state index >= 15 is 0 Å². The Kier molecular flexibility index (Phi) is 6.16. The van der Waals surface area contributed by atoms with Crippen LogP contribution in [0.4, 0.5) is 5.13 Å². The first-order chi connectivity index (χ1) is 16.6. The molecule has 1 aromatic carbocycles. The molecule has 0 bridgehead atoms. The molecule has 5 rings (SSSR count). The Labute approximate surface area is 210 Å². The molecule has 1 aromatic heterocycles. The third-order valence-electron chi connectivity index (χ3n) is 9.21. The number of thiazole rings is 1. The average Bonchev–Trinajstić information content (AvgIpc) is 3.29. The molecule has 35 heavy (non-hydrogen) atoms. The number of nitrogens with zero attached hydrogens (tertiary/aromatic N) is 1.